The van der Waals surface area contributed by atoms with Gasteiger partial charge in [-0.1, -0.05) is 25.1 Å². The zero-order valence-corrected chi connectivity index (χ0v) is 11.0. The number of hydrogen-bond acceptors (Lipinski definition) is 2. The van der Waals surface area contributed by atoms with E-state index in [2.05, 4.69) is 21.0 Å². The van der Waals surface area contributed by atoms with Crippen molar-refractivity contribution in [2.75, 3.05) is 5.73 Å². The van der Waals surface area contributed by atoms with Crippen LogP contribution in [0.5, 0.6) is 0 Å². The minimum atomic E-state index is -0.231. The van der Waals surface area contributed by atoms with Crippen molar-refractivity contribution >= 4 is 21.7 Å². The molecule has 0 saturated heterocycles. The molecule has 1 atom stereocenters. The van der Waals surface area contributed by atoms with Gasteiger partial charge in [-0.15, -0.1) is 0 Å². The molecule has 0 aliphatic rings. The van der Waals surface area contributed by atoms with Crippen molar-refractivity contribution in [3.8, 4) is 0 Å². The smallest absolute Gasteiger partial charge is 0.136 e. The number of hydrogen-bond donors (Lipinski definition) is 1. The van der Waals surface area contributed by atoms with Crippen molar-refractivity contribution in [1.82, 2.24) is 9.78 Å². The van der Waals surface area contributed by atoms with E-state index in [0.717, 1.165) is 10.9 Å². The zero-order valence-electron chi connectivity index (χ0n) is 9.40. The van der Waals surface area contributed by atoms with Crippen LogP contribution in [0.4, 0.5) is 10.2 Å². The molecule has 2 aromatic rings. The predicted molar refractivity (Wildman–Crippen MR) is 69.2 cm³/mol. The van der Waals surface area contributed by atoms with Gasteiger partial charge in [-0.25, -0.2) is 9.07 Å². The van der Waals surface area contributed by atoms with Crippen molar-refractivity contribution in [3.63, 3.8) is 0 Å². The van der Waals surface area contributed by atoms with E-state index in [1.165, 1.54) is 6.07 Å². The molecule has 1 heterocycles. The summed E-state index contributed by atoms with van der Waals surface area (Å²) in [6.45, 7) is 1.98. The van der Waals surface area contributed by atoms with Crippen molar-refractivity contribution in [1.29, 1.82) is 0 Å². The molecule has 0 radical (unpaired) electrons. The van der Waals surface area contributed by atoms with Crippen LogP contribution in [0, 0.1) is 5.82 Å². The Labute approximate surface area is 108 Å². The summed E-state index contributed by atoms with van der Waals surface area (Å²) < 4.78 is 16.1. The van der Waals surface area contributed by atoms with E-state index in [1.807, 2.05) is 13.0 Å². The molecule has 1 unspecified atom stereocenters. The van der Waals surface area contributed by atoms with Crippen LogP contribution < -0.4 is 5.73 Å². The molecule has 90 valence electrons. The van der Waals surface area contributed by atoms with E-state index < -0.39 is 0 Å². The molecule has 5 heteroatoms. The van der Waals surface area contributed by atoms with Gasteiger partial charge in [0.25, 0.3) is 0 Å². The predicted octanol–water partition coefficient (Wildman–Crippen LogP) is 3.37. The normalized spacial score (nSPS) is 12.6. The molecule has 1 aromatic heterocycles. The average Bonchev–Trinajstić information content (AvgIpc) is 2.65. The highest BCUT2D eigenvalue weighted by Crippen LogP contribution is 2.29. The van der Waals surface area contributed by atoms with Crippen molar-refractivity contribution in [2.45, 2.75) is 19.4 Å². The molecular weight excluding hydrogens is 285 g/mol. The Morgan fingerprint density at radius 3 is 2.71 bits per heavy atom. The number of rotatable bonds is 3. The number of anilines is 1. The maximum Gasteiger partial charge on any atom is 0.136 e. The Hall–Kier alpha value is -1.36. The summed E-state index contributed by atoms with van der Waals surface area (Å²) in [4.78, 5) is 0. The molecule has 0 saturated carbocycles. The third-order valence-corrected chi connectivity index (χ3v) is 3.34. The fourth-order valence-corrected chi connectivity index (χ4v) is 2.14. The van der Waals surface area contributed by atoms with E-state index in [9.17, 15) is 4.39 Å². The fourth-order valence-electron chi connectivity index (χ4n) is 1.87. The second kappa shape index (κ2) is 4.87. The monoisotopic (exact) mass is 297 g/mol. The second-order valence-electron chi connectivity index (χ2n) is 3.77. The lowest BCUT2D eigenvalue weighted by atomic mass is 10.0. The lowest BCUT2D eigenvalue weighted by molar-refractivity contribution is 0.485. The standard InChI is InChI=1S/C12H13BrFN3/c1-2-11(8-5-3-4-6-10(8)14)17-12(15)9(13)7-16-17/h3-7,11H,2,15H2,1H3. The molecule has 0 aliphatic heterocycles. The Balaban J connectivity index is 2.48. The van der Waals surface area contributed by atoms with Gasteiger partial charge >= 0.3 is 0 Å². The van der Waals surface area contributed by atoms with Crippen LogP contribution in [0.3, 0.4) is 0 Å². The summed E-state index contributed by atoms with van der Waals surface area (Å²) in [6, 6.07) is 6.53. The molecule has 17 heavy (non-hydrogen) atoms. The highest BCUT2D eigenvalue weighted by molar-refractivity contribution is 9.10. The molecular formula is C12H13BrFN3. The van der Waals surface area contributed by atoms with Gasteiger partial charge in [0.15, 0.2) is 0 Å². The quantitative estimate of drug-likeness (QED) is 0.944. The first-order valence-corrected chi connectivity index (χ1v) is 6.17. The molecule has 0 bridgehead atoms. The molecule has 2 N–H and O–H groups in total. The van der Waals surface area contributed by atoms with E-state index in [0.29, 0.717) is 11.4 Å². The van der Waals surface area contributed by atoms with E-state index in [1.54, 1.807) is 23.0 Å². The first-order chi connectivity index (χ1) is 8.15. The molecule has 0 spiro atoms. The average molecular weight is 298 g/mol. The van der Waals surface area contributed by atoms with Crippen molar-refractivity contribution < 1.29 is 4.39 Å². The van der Waals surface area contributed by atoms with Gasteiger partial charge in [-0.05, 0) is 28.4 Å². The summed E-state index contributed by atoms with van der Waals surface area (Å²) in [7, 11) is 0. The third kappa shape index (κ3) is 2.20. The summed E-state index contributed by atoms with van der Waals surface area (Å²) in [5.41, 5.74) is 6.51. The van der Waals surface area contributed by atoms with Crippen LogP contribution in [0.15, 0.2) is 34.9 Å². The van der Waals surface area contributed by atoms with Crippen LogP contribution >= 0.6 is 15.9 Å². The summed E-state index contributed by atoms with van der Waals surface area (Å²) >= 11 is 3.30. The lowest BCUT2D eigenvalue weighted by Gasteiger charge is -2.18. The van der Waals surface area contributed by atoms with Gasteiger partial charge in [0, 0.05) is 5.56 Å². The Bertz CT molecular complexity index is 524. The highest BCUT2D eigenvalue weighted by atomic mass is 79.9. The van der Waals surface area contributed by atoms with Gasteiger partial charge < -0.3 is 5.73 Å². The maximum absolute atomic E-state index is 13.8. The topological polar surface area (TPSA) is 43.8 Å². The van der Waals surface area contributed by atoms with Crippen LogP contribution in [0.25, 0.3) is 0 Å². The Morgan fingerprint density at radius 1 is 1.47 bits per heavy atom. The third-order valence-electron chi connectivity index (χ3n) is 2.73. The first kappa shape index (κ1) is 12.1. The maximum atomic E-state index is 13.8. The number of halogens is 2. The molecule has 2 rings (SSSR count). The molecule has 0 amide bonds. The number of nitrogens with two attached hydrogens (primary N) is 1. The SMILES string of the molecule is CCC(c1ccccc1F)n1ncc(Br)c1N. The van der Waals surface area contributed by atoms with Gasteiger partial charge in [0.1, 0.15) is 11.6 Å². The van der Waals surface area contributed by atoms with Crippen molar-refractivity contribution in [3.05, 3.63) is 46.3 Å². The molecule has 0 fully saturated rings. The highest BCUT2D eigenvalue weighted by Gasteiger charge is 2.19. The number of nitrogen functional groups attached to an aromatic ring is 1. The first-order valence-electron chi connectivity index (χ1n) is 5.38. The largest absolute Gasteiger partial charge is 0.383 e. The van der Waals surface area contributed by atoms with E-state index in [-0.39, 0.29) is 11.9 Å². The van der Waals surface area contributed by atoms with Gasteiger partial charge in [-0.2, -0.15) is 5.10 Å². The zero-order chi connectivity index (χ0) is 12.4. The minimum Gasteiger partial charge on any atom is -0.383 e. The Kier molecular flexibility index (Phi) is 3.47. The Morgan fingerprint density at radius 2 is 2.18 bits per heavy atom. The van der Waals surface area contributed by atoms with Crippen LogP contribution in [-0.2, 0) is 0 Å². The van der Waals surface area contributed by atoms with Crippen LogP contribution in [0.1, 0.15) is 24.9 Å². The fraction of sp³-hybridized carbons (Fsp3) is 0.250. The second-order valence-corrected chi connectivity index (χ2v) is 4.62. The lowest BCUT2D eigenvalue weighted by Crippen LogP contribution is -2.15. The van der Waals surface area contributed by atoms with E-state index in [4.69, 9.17) is 5.73 Å². The van der Waals surface area contributed by atoms with Gasteiger partial charge in [0.2, 0.25) is 0 Å². The van der Waals surface area contributed by atoms with Crippen LogP contribution in [-0.4, -0.2) is 9.78 Å². The molecule has 3 nitrogen and oxygen atoms in total. The summed E-state index contributed by atoms with van der Waals surface area (Å²) in [6.07, 6.45) is 2.35. The summed E-state index contributed by atoms with van der Waals surface area (Å²) in [5.74, 6) is 0.283. The van der Waals surface area contributed by atoms with Crippen molar-refractivity contribution in [2.24, 2.45) is 0 Å². The minimum absolute atomic E-state index is 0.178. The number of benzene rings is 1. The number of nitrogens with zero attached hydrogens (tertiary/aromatic N) is 2. The van der Waals surface area contributed by atoms with Gasteiger partial charge in [0.05, 0.1) is 16.7 Å². The van der Waals surface area contributed by atoms with Crippen LogP contribution in [0.2, 0.25) is 0 Å². The van der Waals surface area contributed by atoms with Gasteiger partial charge in [-0.3, -0.25) is 0 Å². The van der Waals surface area contributed by atoms with E-state index >= 15 is 0 Å². The summed E-state index contributed by atoms with van der Waals surface area (Å²) in [5, 5.41) is 4.18. The number of aromatic nitrogens is 2. The molecule has 0 aliphatic carbocycles. The molecule has 1 aromatic carbocycles.